The van der Waals surface area contributed by atoms with Gasteiger partial charge in [-0.15, -0.1) is 0 Å². The molecule has 0 aliphatic carbocycles. The number of carboxylic acids is 2. The van der Waals surface area contributed by atoms with Crippen molar-refractivity contribution >= 4 is 31.6 Å². The number of benzene rings is 2. The van der Waals surface area contributed by atoms with E-state index in [0.717, 1.165) is 12.5 Å². The van der Waals surface area contributed by atoms with Gasteiger partial charge in [0.1, 0.15) is 24.3 Å². The summed E-state index contributed by atoms with van der Waals surface area (Å²) in [7, 11) is -6.62. The summed E-state index contributed by atoms with van der Waals surface area (Å²) in [4.78, 5) is 21.3. The number of carboxylic acid groups (broad SMARTS) is 2. The van der Waals surface area contributed by atoms with Gasteiger partial charge in [-0.3, -0.25) is 9.59 Å². The van der Waals surface area contributed by atoms with Gasteiger partial charge in [0.05, 0.1) is 9.79 Å². The molecular formula is C20H26CuN2O10S2. The summed E-state index contributed by atoms with van der Waals surface area (Å²) >= 11 is 0. The van der Waals surface area contributed by atoms with E-state index < -0.39 is 55.9 Å². The number of hydrogen-bond donors (Lipinski definition) is 6. The van der Waals surface area contributed by atoms with Crippen LogP contribution in [-0.2, 0) is 46.3 Å². The van der Waals surface area contributed by atoms with Crippen LogP contribution in [0.2, 0.25) is 0 Å². The van der Waals surface area contributed by atoms with Gasteiger partial charge >= 0.3 is 11.9 Å². The molecule has 4 unspecified atom stereocenters. The average Bonchev–Trinajstić information content (AvgIpc) is 2.76. The van der Waals surface area contributed by atoms with E-state index in [1.807, 2.05) is 0 Å². The monoisotopic (exact) mass is 581 g/mol. The van der Waals surface area contributed by atoms with Gasteiger partial charge in [0, 0.05) is 29.6 Å². The minimum Gasteiger partial charge on any atom is -0.480 e. The van der Waals surface area contributed by atoms with Crippen LogP contribution in [0.25, 0.3) is 0 Å². The van der Waals surface area contributed by atoms with Gasteiger partial charge in [-0.1, -0.05) is 24.3 Å². The Morgan fingerprint density at radius 1 is 0.657 bits per heavy atom. The smallest absolute Gasteiger partial charge is 0.323 e. The van der Waals surface area contributed by atoms with Crippen molar-refractivity contribution in [2.75, 3.05) is 12.5 Å². The third kappa shape index (κ3) is 9.66. The van der Waals surface area contributed by atoms with Crippen LogP contribution in [0.5, 0.6) is 0 Å². The van der Waals surface area contributed by atoms with E-state index in [0.29, 0.717) is 0 Å². The molecule has 0 aliphatic heterocycles. The molecule has 0 fully saturated rings. The molecule has 0 spiro atoms. The Bertz CT molecular complexity index is 1120. The van der Waals surface area contributed by atoms with E-state index in [4.69, 9.17) is 21.7 Å². The molecule has 8 N–H and O–H groups in total. The maximum Gasteiger partial charge on any atom is 0.323 e. The first-order valence-electron chi connectivity index (χ1n) is 9.39. The van der Waals surface area contributed by atoms with Crippen LogP contribution in [0, 0.1) is 0 Å². The zero-order valence-corrected chi connectivity index (χ0v) is 21.0. The number of rotatable bonds is 8. The van der Waals surface area contributed by atoms with Gasteiger partial charge in [0.2, 0.25) is 0 Å². The van der Waals surface area contributed by atoms with Gasteiger partial charge in [0.15, 0.2) is 19.7 Å². The van der Waals surface area contributed by atoms with Crippen molar-refractivity contribution in [1.29, 1.82) is 0 Å². The molecule has 0 saturated heterocycles. The molecule has 0 aliphatic rings. The van der Waals surface area contributed by atoms with Crippen molar-refractivity contribution in [3.63, 3.8) is 0 Å². The van der Waals surface area contributed by atoms with Gasteiger partial charge in [-0.25, -0.2) is 16.8 Å². The minimum atomic E-state index is -3.31. The molecule has 2 rings (SSSR count). The Kier molecular flexibility index (Phi) is 12.2. The van der Waals surface area contributed by atoms with Crippen molar-refractivity contribution in [2.45, 2.75) is 34.1 Å². The molecule has 2 aromatic rings. The van der Waals surface area contributed by atoms with Crippen LogP contribution in [-0.4, -0.2) is 73.8 Å². The molecule has 0 bridgehead atoms. The Labute approximate surface area is 212 Å². The summed E-state index contributed by atoms with van der Waals surface area (Å²) in [6.07, 6.45) is -0.634. The van der Waals surface area contributed by atoms with Crippen LogP contribution < -0.4 is 11.5 Å². The number of aliphatic carboxylic acids is 2. The number of aliphatic hydroxyl groups is 2. The molecular weight excluding hydrogens is 556 g/mol. The van der Waals surface area contributed by atoms with Crippen molar-refractivity contribution in [2.24, 2.45) is 11.5 Å². The Balaban J connectivity index is 0.000000642. The molecule has 4 atom stereocenters. The number of nitrogens with two attached hydrogens (primary N) is 2. The number of sulfone groups is 2. The van der Waals surface area contributed by atoms with Crippen LogP contribution >= 0.6 is 0 Å². The predicted molar refractivity (Wildman–Crippen MR) is 120 cm³/mol. The summed E-state index contributed by atoms with van der Waals surface area (Å²) in [5.41, 5.74) is 11.0. The van der Waals surface area contributed by atoms with Crippen molar-refractivity contribution < 1.29 is 63.9 Å². The SMILES string of the molecule is CS(=O)(=O)c1ccc(C(O)C(N)C(=O)O)cc1.CS(=O)(=O)c1ccc(C(O)C(N)C(=O)O)cc1.[Cu]. The Morgan fingerprint density at radius 2 is 0.886 bits per heavy atom. The fourth-order valence-corrected chi connectivity index (χ4v) is 3.77. The fourth-order valence-electron chi connectivity index (χ4n) is 2.51. The van der Waals surface area contributed by atoms with Crippen molar-refractivity contribution in [3.8, 4) is 0 Å². The van der Waals surface area contributed by atoms with E-state index >= 15 is 0 Å². The standard InChI is InChI=1S/2C10H13NO5S.Cu/c2*1-17(15,16)7-4-2-6(3-5-7)9(12)8(11)10(13)14;/h2*2-5,8-9,12H,11H2,1H3,(H,13,14);. The summed E-state index contributed by atoms with van der Waals surface area (Å²) in [6, 6.07) is 7.63. The first-order chi connectivity index (χ1) is 15.5. The summed E-state index contributed by atoms with van der Waals surface area (Å²) in [5.74, 6) is -2.66. The van der Waals surface area contributed by atoms with Crippen LogP contribution in [0.15, 0.2) is 58.3 Å². The first kappa shape index (κ1) is 32.6. The largest absolute Gasteiger partial charge is 0.480 e. The van der Waals surface area contributed by atoms with Gasteiger partial charge in [-0.05, 0) is 35.4 Å². The maximum absolute atomic E-state index is 11.2. The first-order valence-corrected chi connectivity index (χ1v) is 13.2. The number of aliphatic hydroxyl groups excluding tert-OH is 2. The maximum atomic E-state index is 11.2. The second kappa shape index (κ2) is 13.1. The van der Waals surface area contributed by atoms with Crippen LogP contribution in [0.3, 0.4) is 0 Å². The van der Waals surface area contributed by atoms with E-state index in [-0.39, 0.29) is 38.0 Å². The summed E-state index contributed by atoms with van der Waals surface area (Å²) < 4.78 is 44.7. The molecule has 1 radical (unpaired) electrons. The summed E-state index contributed by atoms with van der Waals surface area (Å²) in [6.45, 7) is 0. The fraction of sp³-hybridized carbons (Fsp3) is 0.300. The Hall–Kier alpha value is -2.36. The molecule has 12 nitrogen and oxygen atoms in total. The number of hydrogen-bond acceptors (Lipinski definition) is 10. The topological polar surface area (TPSA) is 235 Å². The molecule has 15 heteroatoms. The van der Waals surface area contributed by atoms with Crippen LogP contribution in [0.1, 0.15) is 23.3 Å². The van der Waals surface area contributed by atoms with Gasteiger partial charge in [-0.2, -0.15) is 0 Å². The molecule has 0 saturated carbocycles. The molecule has 199 valence electrons. The zero-order valence-electron chi connectivity index (χ0n) is 18.4. The van der Waals surface area contributed by atoms with E-state index in [9.17, 15) is 36.6 Å². The quantitative estimate of drug-likeness (QED) is 0.207. The normalized spacial score (nSPS) is 14.8. The molecule has 2 aromatic carbocycles. The molecule has 35 heavy (non-hydrogen) atoms. The van der Waals surface area contributed by atoms with E-state index in [1.165, 1.54) is 48.5 Å². The van der Waals surface area contributed by atoms with Gasteiger partial charge in [0.25, 0.3) is 0 Å². The molecule has 0 aromatic heterocycles. The van der Waals surface area contributed by atoms with Crippen molar-refractivity contribution in [3.05, 3.63) is 59.7 Å². The Morgan fingerprint density at radius 3 is 1.06 bits per heavy atom. The van der Waals surface area contributed by atoms with Crippen molar-refractivity contribution in [1.82, 2.24) is 0 Å². The molecule has 0 heterocycles. The second-order valence-corrected chi connectivity index (χ2v) is 11.3. The predicted octanol–water partition coefficient (Wildman–Crippen LogP) is -0.932. The van der Waals surface area contributed by atoms with Gasteiger partial charge < -0.3 is 31.9 Å². The van der Waals surface area contributed by atoms with Crippen LogP contribution in [0.4, 0.5) is 0 Å². The second-order valence-electron chi connectivity index (χ2n) is 7.30. The number of carbonyl (C=O) groups is 2. The zero-order chi connectivity index (χ0) is 26.4. The third-order valence-corrected chi connectivity index (χ3v) is 6.81. The van der Waals surface area contributed by atoms with E-state index in [1.54, 1.807) is 0 Å². The van der Waals surface area contributed by atoms with E-state index in [2.05, 4.69) is 0 Å². The third-order valence-electron chi connectivity index (χ3n) is 4.55. The minimum absolute atomic E-state index is 0. The molecule has 0 amide bonds. The average molecular weight is 582 g/mol. The summed E-state index contributed by atoms with van der Waals surface area (Å²) in [5, 5.41) is 36.4.